The summed E-state index contributed by atoms with van der Waals surface area (Å²) in [5, 5.41) is 0. The molecular formula is C11H14N2O3. The number of likely N-dealkylation sites (tertiary alicyclic amines) is 1. The summed E-state index contributed by atoms with van der Waals surface area (Å²) in [6.45, 7) is 1.38. The molecule has 16 heavy (non-hydrogen) atoms. The van der Waals surface area contributed by atoms with E-state index in [0.29, 0.717) is 18.3 Å². The molecule has 2 rings (SSSR count). The number of rotatable bonds is 4. The summed E-state index contributed by atoms with van der Waals surface area (Å²) < 4.78 is 10.7. The van der Waals surface area contributed by atoms with Crippen molar-refractivity contribution in [2.45, 2.75) is 12.5 Å². The van der Waals surface area contributed by atoms with Gasteiger partial charge in [-0.2, -0.15) is 4.98 Å². The van der Waals surface area contributed by atoms with E-state index >= 15 is 0 Å². The van der Waals surface area contributed by atoms with Crippen LogP contribution in [0.15, 0.2) is 18.2 Å². The summed E-state index contributed by atoms with van der Waals surface area (Å²) >= 11 is 0. The molecule has 1 aliphatic rings. The van der Waals surface area contributed by atoms with Gasteiger partial charge in [0.25, 0.3) is 0 Å². The van der Waals surface area contributed by atoms with Crippen LogP contribution in [0, 0.1) is 0 Å². The second kappa shape index (κ2) is 4.83. The minimum atomic E-state index is 0.0322. The lowest BCUT2D eigenvalue weighted by molar-refractivity contribution is -0.117. The predicted octanol–water partition coefficient (Wildman–Crippen LogP) is 0.700. The van der Waals surface area contributed by atoms with E-state index in [2.05, 4.69) is 4.98 Å². The van der Waals surface area contributed by atoms with Gasteiger partial charge < -0.3 is 14.4 Å². The maximum atomic E-state index is 10.5. The van der Waals surface area contributed by atoms with E-state index in [1.54, 1.807) is 24.1 Å². The smallest absolute Gasteiger partial charge is 0.216 e. The molecule has 1 amide bonds. The molecule has 1 saturated heterocycles. The Bertz CT molecular complexity index is 370. The highest BCUT2D eigenvalue weighted by atomic mass is 16.5. The number of pyridine rings is 1. The average molecular weight is 222 g/mol. The molecule has 1 aliphatic heterocycles. The van der Waals surface area contributed by atoms with Gasteiger partial charge in [-0.05, 0) is 0 Å². The second-order valence-electron chi connectivity index (χ2n) is 3.65. The van der Waals surface area contributed by atoms with Crippen molar-refractivity contribution in [2.24, 2.45) is 0 Å². The van der Waals surface area contributed by atoms with Crippen LogP contribution in [0.1, 0.15) is 6.42 Å². The first-order valence-corrected chi connectivity index (χ1v) is 5.19. The molecule has 1 aromatic heterocycles. The van der Waals surface area contributed by atoms with Crippen molar-refractivity contribution in [1.29, 1.82) is 0 Å². The summed E-state index contributed by atoms with van der Waals surface area (Å²) in [5.41, 5.74) is 0. The average Bonchev–Trinajstić information content (AvgIpc) is 2.77. The number of hydrogen-bond donors (Lipinski definition) is 0. The summed E-state index contributed by atoms with van der Waals surface area (Å²) in [6, 6.07) is 5.37. The Hall–Kier alpha value is -1.78. The number of ether oxygens (including phenoxy) is 2. The van der Waals surface area contributed by atoms with Gasteiger partial charge in [-0.3, -0.25) is 4.79 Å². The molecule has 0 radical (unpaired) electrons. The summed E-state index contributed by atoms with van der Waals surface area (Å²) in [4.78, 5) is 16.4. The number of methoxy groups -OCH3 is 1. The molecule has 0 saturated carbocycles. The molecule has 1 fully saturated rings. The Balaban J connectivity index is 1.96. The zero-order chi connectivity index (χ0) is 11.4. The molecule has 2 heterocycles. The van der Waals surface area contributed by atoms with Gasteiger partial charge in [0.15, 0.2) is 0 Å². The fourth-order valence-electron chi connectivity index (χ4n) is 1.69. The summed E-state index contributed by atoms with van der Waals surface area (Å²) in [5.74, 6) is 1.07. The fraction of sp³-hybridized carbons (Fsp3) is 0.455. The molecule has 1 unspecified atom stereocenters. The van der Waals surface area contributed by atoms with Gasteiger partial charge in [-0.1, -0.05) is 6.07 Å². The van der Waals surface area contributed by atoms with Gasteiger partial charge in [0.2, 0.25) is 18.2 Å². The van der Waals surface area contributed by atoms with E-state index < -0.39 is 0 Å². The highest BCUT2D eigenvalue weighted by molar-refractivity contribution is 5.47. The van der Waals surface area contributed by atoms with Crippen LogP contribution in [0.4, 0.5) is 0 Å². The zero-order valence-electron chi connectivity index (χ0n) is 9.13. The van der Waals surface area contributed by atoms with Crippen molar-refractivity contribution in [3.63, 3.8) is 0 Å². The van der Waals surface area contributed by atoms with Crippen LogP contribution in [-0.4, -0.2) is 42.6 Å². The molecule has 0 spiro atoms. The van der Waals surface area contributed by atoms with E-state index in [-0.39, 0.29) is 6.10 Å². The molecule has 0 aliphatic carbocycles. The molecule has 86 valence electrons. The van der Waals surface area contributed by atoms with E-state index in [1.165, 1.54) is 0 Å². The Kier molecular flexibility index (Phi) is 3.24. The van der Waals surface area contributed by atoms with E-state index in [0.717, 1.165) is 19.4 Å². The highest BCUT2D eigenvalue weighted by Gasteiger charge is 2.22. The van der Waals surface area contributed by atoms with E-state index in [9.17, 15) is 4.79 Å². The van der Waals surface area contributed by atoms with Crippen molar-refractivity contribution in [2.75, 3.05) is 20.2 Å². The van der Waals surface area contributed by atoms with E-state index in [1.807, 2.05) is 6.07 Å². The summed E-state index contributed by atoms with van der Waals surface area (Å²) in [7, 11) is 1.57. The molecule has 5 heteroatoms. The standard InChI is InChI=1S/C11H14N2O3/c1-15-10-3-2-4-11(12-10)16-9-5-6-13(7-9)8-14/h2-4,8-9H,5-7H2,1H3. The van der Waals surface area contributed by atoms with Gasteiger partial charge in [0, 0.05) is 25.1 Å². The van der Waals surface area contributed by atoms with Gasteiger partial charge in [-0.15, -0.1) is 0 Å². The highest BCUT2D eigenvalue weighted by Crippen LogP contribution is 2.18. The van der Waals surface area contributed by atoms with Crippen LogP contribution in [0.2, 0.25) is 0 Å². The first-order valence-electron chi connectivity index (χ1n) is 5.19. The normalized spacial score (nSPS) is 19.6. The van der Waals surface area contributed by atoms with Gasteiger partial charge >= 0.3 is 0 Å². The number of amides is 1. The third kappa shape index (κ3) is 2.42. The number of aromatic nitrogens is 1. The number of carbonyl (C=O) groups excluding carboxylic acids is 1. The van der Waals surface area contributed by atoms with Crippen molar-refractivity contribution in [1.82, 2.24) is 9.88 Å². The third-order valence-corrected chi connectivity index (χ3v) is 2.52. The number of carbonyl (C=O) groups is 1. The minimum Gasteiger partial charge on any atom is -0.481 e. The molecule has 1 atom stereocenters. The molecule has 5 nitrogen and oxygen atoms in total. The number of hydrogen-bond acceptors (Lipinski definition) is 4. The maximum Gasteiger partial charge on any atom is 0.216 e. The maximum absolute atomic E-state index is 10.5. The van der Waals surface area contributed by atoms with Gasteiger partial charge in [0.05, 0.1) is 13.7 Å². The van der Waals surface area contributed by atoms with Crippen LogP contribution in [0.5, 0.6) is 11.8 Å². The lowest BCUT2D eigenvalue weighted by Crippen LogP contribution is -2.23. The van der Waals surface area contributed by atoms with Crippen LogP contribution < -0.4 is 9.47 Å². The molecule has 0 N–H and O–H groups in total. The lowest BCUT2D eigenvalue weighted by atomic mass is 10.3. The van der Waals surface area contributed by atoms with Crippen LogP contribution >= 0.6 is 0 Å². The third-order valence-electron chi connectivity index (χ3n) is 2.52. The van der Waals surface area contributed by atoms with Crippen molar-refractivity contribution < 1.29 is 14.3 Å². The van der Waals surface area contributed by atoms with Gasteiger partial charge in [0.1, 0.15) is 6.10 Å². The minimum absolute atomic E-state index is 0.0322. The van der Waals surface area contributed by atoms with Crippen molar-refractivity contribution >= 4 is 6.41 Å². The van der Waals surface area contributed by atoms with Crippen LogP contribution in [0.25, 0.3) is 0 Å². The second-order valence-corrected chi connectivity index (χ2v) is 3.65. The number of nitrogens with zero attached hydrogens (tertiary/aromatic N) is 2. The van der Waals surface area contributed by atoms with Gasteiger partial charge in [-0.25, -0.2) is 0 Å². The summed E-state index contributed by atoms with van der Waals surface area (Å²) in [6.07, 6.45) is 1.73. The van der Waals surface area contributed by atoms with Crippen LogP contribution in [0.3, 0.4) is 0 Å². The van der Waals surface area contributed by atoms with E-state index in [4.69, 9.17) is 9.47 Å². The Morgan fingerprint density at radius 2 is 2.31 bits per heavy atom. The van der Waals surface area contributed by atoms with Crippen molar-refractivity contribution in [3.8, 4) is 11.8 Å². The Morgan fingerprint density at radius 3 is 3.00 bits per heavy atom. The first kappa shape index (κ1) is 10.7. The fourth-order valence-corrected chi connectivity index (χ4v) is 1.69. The monoisotopic (exact) mass is 222 g/mol. The quantitative estimate of drug-likeness (QED) is 0.704. The first-order chi connectivity index (χ1) is 7.81. The zero-order valence-corrected chi connectivity index (χ0v) is 9.13. The molecule has 1 aromatic rings. The SMILES string of the molecule is COc1cccc(OC2CCN(C=O)C2)n1. The lowest BCUT2D eigenvalue weighted by Gasteiger charge is -2.13. The van der Waals surface area contributed by atoms with Crippen molar-refractivity contribution in [3.05, 3.63) is 18.2 Å². The Morgan fingerprint density at radius 1 is 1.50 bits per heavy atom. The Labute approximate surface area is 94.0 Å². The molecule has 0 bridgehead atoms. The molecule has 0 aromatic carbocycles. The predicted molar refractivity (Wildman–Crippen MR) is 57.5 cm³/mol. The topological polar surface area (TPSA) is 51.7 Å². The molecular weight excluding hydrogens is 208 g/mol. The van der Waals surface area contributed by atoms with Crippen LogP contribution in [-0.2, 0) is 4.79 Å². The largest absolute Gasteiger partial charge is 0.481 e.